The van der Waals surface area contributed by atoms with Gasteiger partial charge in [-0.1, -0.05) is 20.3 Å². The minimum atomic E-state index is -0.949. The molecule has 0 radical (unpaired) electrons. The van der Waals surface area contributed by atoms with Gasteiger partial charge in [-0.3, -0.25) is 14.4 Å². The molecule has 3 rings (SSSR count). The van der Waals surface area contributed by atoms with Gasteiger partial charge in [0.25, 0.3) is 0 Å². The molecule has 3 heterocycles. The van der Waals surface area contributed by atoms with Crippen molar-refractivity contribution in [2.45, 2.75) is 83.0 Å². The fourth-order valence-electron chi connectivity index (χ4n) is 5.60. The number of carbonyl (C=O) groups excluding carboxylic acids is 3. The van der Waals surface area contributed by atoms with E-state index in [9.17, 15) is 14.4 Å². The van der Waals surface area contributed by atoms with Crippen molar-refractivity contribution in [1.82, 2.24) is 15.5 Å². The Labute approximate surface area is 179 Å². The molecule has 8 heteroatoms. The molecular weight excluding hydrogens is 386 g/mol. The molecule has 2 unspecified atom stereocenters. The van der Waals surface area contributed by atoms with Crippen LogP contribution in [0.1, 0.15) is 65.7 Å². The van der Waals surface area contributed by atoms with E-state index in [2.05, 4.69) is 17.6 Å². The van der Waals surface area contributed by atoms with E-state index in [0.29, 0.717) is 45.3 Å². The van der Waals surface area contributed by atoms with E-state index in [1.165, 1.54) is 0 Å². The molecule has 3 amide bonds. The monoisotopic (exact) mass is 423 g/mol. The van der Waals surface area contributed by atoms with Crippen LogP contribution in [0.4, 0.5) is 0 Å². The van der Waals surface area contributed by atoms with Crippen LogP contribution in [0.15, 0.2) is 0 Å². The Morgan fingerprint density at radius 3 is 2.50 bits per heavy atom. The first-order valence-electron chi connectivity index (χ1n) is 11.5. The van der Waals surface area contributed by atoms with Crippen molar-refractivity contribution in [2.75, 3.05) is 26.2 Å². The van der Waals surface area contributed by atoms with E-state index in [1.807, 2.05) is 13.8 Å². The van der Waals surface area contributed by atoms with Crippen LogP contribution in [-0.4, -0.2) is 71.2 Å². The first kappa shape index (κ1) is 23.0. The Morgan fingerprint density at radius 1 is 1.10 bits per heavy atom. The summed E-state index contributed by atoms with van der Waals surface area (Å²) in [6.45, 7) is 7.49. The molecule has 3 fully saturated rings. The number of aliphatic hydroxyl groups is 1. The maximum atomic E-state index is 13.6. The first-order valence-corrected chi connectivity index (χ1v) is 11.5. The molecule has 30 heavy (non-hydrogen) atoms. The number of likely N-dealkylation sites (tertiary alicyclic amines) is 1. The second kappa shape index (κ2) is 9.22. The average Bonchev–Trinajstić information content (AvgIpc) is 3.28. The zero-order valence-electron chi connectivity index (χ0n) is 18.5. The number of nitrogens with one attached hydrogen (secondary N) is 2. The Balaban J connectivity index is 1.91. The number of ether oxygens (including phenoxy) is 1. The average molecular weight is 424 g/mol. The van der Waals surface area contributed by atoms with E-state index in [1.54, 1.807) is 4.90 Å². The molecule has 0 aromatic heterocycles. The lowest BCUT2D eigenvalue weighted by atomic mass is 9.66. The number of unbranched alkanes of at least 4 members (excludes halogenated alkanes) is 2. The largest absolute Gasteiger partial charge is 0.396 e. The standard InChI is InChI=1S/C22H37N3O5/c1-4-6-12-24-19(28)17-22-10-9-21(3,30-22)15(18(27)23-11-5-2)16(22)20(29)25(17)13-7-8-14-26/h15-17,26H,4-14H2,1-3H3,(H,23,27)(H,24,28)/t15-,16+,17?,21+,22?/m1/s1. The molecular formula is C22H37N3O5. The smallest absolute Gasteiger partial charge is 0.245 e. The lowest BCUT2D eigenvalue weighted by Crippen LogP contribution is -2.55. The molecule has 0 saturated carbocycles. The molecule has 0 aliphatic carbocycles. The molecule has 3 saturated heterocycles. The van der Waals surface area contributed by atoms with Gasteiger partial charge < -0.3 is 25.4 Å². The second-order valence-corrected chi connectivity index (χ2v) is 9.13. The van der Waals surface area contributed by atoms with Crippen LogP contribution >= 0.6 is 0 Å². The Kier molecular flexibility index (Phi) is 7.07. The van der Waals surface area contributed by atoms with E-state index < -0.39 is 29.1 Å². The van der Waals surface area contributed by atoms with Gasteiger partial charge in [0.15, 0.2) is 0 Å². The third kappa shape index (κ3) is 3.73. The summed E-state index contributed by atoms with van der Waals surface area (Å²) in [5.74, 6) is -1.73. The zero-order valence-corrected chi connectivity index (χ0v) is 18.5. The van der Waals surface area contributed by atoms with Crippen molar-refractivity contribution in [1.29, 1.82) is 0 Å². The summed E-state index contributed by atoms with van der Waals surface area (Å²) in [5, 5.41) is 15.1. The summed E-state index contributed by atoms with van der Waals surface area (Å²) >= 11 is 0. The Hall–Kier alpha value is -1.67. The highest BCUT2D eigenvalue weighted by molar-refractivity contribution is 5.99. The van der Waals surface area contributed by atoms with Gasteiger partial charge >= 0.3 is 0 Å². The molecule has 0 aromatic carbocycles. The van der Waals surface area contributed by atoms with Crippen LogP contribution in [0, 0.1) is 11.8 Å². The number of fused-ring (bicyclic) bond motifs is 1. The highest BCUT2D eigenvalue weighted by Crippen LogP contribution is 2.63. The molecule has 3 N–H and O–H groups in total. The summed E-state index contributed by atoms with van der Waals surface area (Å²) in [6.07, 6.45) is 5.07. The number of aliphatic hydroxyl groups excluding tert-OH is 1. The molecule has 3 aliphatic rings. The first-order chi connectivity index (χ1) is 14.4. The number of rotatable bonds is 11. The summed E-state index contributed by atoms with van der Waals surface area (Å²) in [5.41, 5.74) is -1.67. The summed E-state index contributed by atoms with van der Waals surface area (Å²) in [6, 6.07) is -0.726. The number of carbonyl (C=O) groups is 3. The van der Waals surface area contributed by atoms with Crippen molar-refractivity contribution in [3.8, 4) is 0 Å². The van der Waals surface area contributed by atoms with Gasteiger partial charge in [0, 0.05) is 26.2 Å². The van der Waals surface area contributed by atoms with E-state index in [0.717, 1.165) is 19.3 Å². The fraction of sp³-hybridized carbons (Fsp3) is 0.864. The zero-order chi connectivity index (χ0) is 21.9. The number of nitrogens with zero attached hydrogens (tertiary/aromatic N) is 1. The van der Waals surface area contributed by atoms with Crippen molar-refractivity contribution in [3.05, 3.63) is 0 Å². The number of amides is 3. The third-order valence-corrected chi connectivity index (χ3v) is 6.99. The van der Waals surface area contributed by atoms with Crippen molar-refractivity contribution >= 4 is 17.7 Å². The second-order valence-electron chi connectivity index (χ2n) is 9.13. The lowest BCUT2D eigenvalue weighted by molar-refractivity contribution is -0.146. The van der Waals surface area contributed by atoms with Crippen LogP contribution in [0.3, 0.4) is 0 Å². The molecule has 170 valence electrons. The normalized spacial score (nSPS) is 34.3. The lowest BCUT2D eigenvalue weighted by Gasteiger charge is -2.33. The van der Waals surface area contributed by atoms with E-state index in [4.69, 9.17) is 9.84 Å². The van der Waals surface area contributed by atoms with E-state index in [-0.39, 0.29) is 24.3 Å². The van der Waals surface area contributed by atoms with Crippen LogP contribution in [0.2, 0.25) is 0 Å². The summed E-state index contributed by atoms with van der Waals surface area (Å²) in [4.78, 5) is 41.5. The molecule has 2 bridgehead atoms. The van der Waals surface area contributed by atoms with Crippen molar-refractivity contribution in [3.63, 3.8) is 0 Å². The van der Waals surface area contributed by atoms with Crippen LogP contribution in [0.5, 0.6) is 0 Å². The van der Waals surface area contributed by atoms with Crippen molar-refractivity contribution in [2.24, 2.45) is 11.8 Å². The molecule has 0 aromatic rings. The van der Waals surface area contributed by atoms with Crippen molar-refractivity contribution < 1.29 is 24.2 Å². The van der Waals surface area contributed by atoms with Gasteiger partial charge in [0.05, 0.1) is 17.4 Å². The highest BCUT2D eigenvalue weighted by atomic mass is 16.5. The van der Waals surface area contributed by atoms with Gasteiger partial charge in [0.1, 0.15) is 11.6 Å². The Bertz CT molecular complexity index is 671. The molecule has 8 nitrogen and oxygen atoms in total. The molecule has 5 atom stereocenters. The van der Waals surface area contributed by atoms with E-state index >= 15 is 0 Å². The fourth-order valence-corrected chi connectivity index (χ4v) is 5.60. The Morgan fingerprint density at radius 2 is 1.83 bits per heavy atom. The SMILES string of the molecule is CCCCNC(=O)C1N(CCCCO)C(=O)[C@@H]2[C@H](C(=O)NCCC)[C@]3(C)CCC12O3. The summed E-state index contributed by atoms with van der Waals surface area (Å²) < 4.78 is 6.50. The minimum absolute atomic E-state index is 0.0422. The topological polar surface area (TPSA) is 108 Å². The minimum Gasteiger partial charge on any atom is -0.396 e. The van der Waals surface area contributed by atoms with Gasteiger partial charge in [-0.15, -0.1) is 0 Å². The molecule has 1 spiro atoms. The predicted molar refractivity (Wildman–Crippen MR) is 111 cm³/mol. The predicted octanol–water partition coefficient (Wildman–Crippen LogP) is 0.966. The van der Waals surface area contributed by atoms with Gasteiger partial charge in [-0.25, -0.2) is 0 Å². The summed E-state index contributed by atoms with van der Waals surface area (Å²) in [7, 11) is 0. The highest BCUT2D eigenvalue weighted by Gasteiger charge is 2.77. The molecule has 3 aliphatic heterocycles. The quantitative estimate of drug-likeness (QED) is 0.429. The number of hydrogen-bond acceptors (Lipinski definition) is 5. The van der Waals surface area contributed by atoms with Crippen LogP contribution < -0.4 is 10.6 Å². The van der Waals surface area contributed by atoms with Gasteiger partial charge in [-0.2, -0.15) is 0 Å². The maximum Gasteiger partial charge on any atom is 0.245 e. The third-order valence-electron chi connectivity index (χ3n) is 6.99. The van der Waals surface area contributed by atoms with Crippen LogP contribution in [-0.2, 0) is 19.1 Å². The number of hydrogen-bond donors (Lipinski definition) is 3. The maximum absolute atomic E-state index is 13.6. The van der Waals surface area contributed by atoms with Gasteiger partial charge in [0.2, 0.25) is 17.7 Å². The van der Waals surface area contributed by atoms with Gasteiger partial charge in [-0.05, 0) is 45.4 Å². The van der Waals surface area contributed by atoms with Crippen LogP contribution in [0.25, 0.3) is 0 Å².